The van der Waals surface area contributed by atoms with Crippen molar-refractivity contribution >= 4 is 17.6 Å². The van der Waals surface area contributed by atoms with Crippen molar-refractivity contribution in [3.63, 3.8) is 0 Å². The van der Waals surface area contributed by atoms with Gasteiger partial charge in [0.15, 0.2) is 5.69 Å². The van der Waals surface area contributed by atoms with Gasteiger partial charge in [0, 0.05) is 12.7 Å². The van der Waals surface area contributed by atoms with Gasteiger partial charge in [-0.05, 0) is 13.0 Å². The molecule has 0 atom stereocenters. The molecule has 0 saturated heterocycles. The summed E-state index contributed by atoms with van der Waals surface area (Å²) in [7, 11) is 1.13. The van der Waals surface area contributed by atoms with Crippen LogP contribution < -0.4 is 5.32 Å². The average Bonchev–Trinajstić information content (AvgIpc) is 3.18. The van der Waals surface area contributed by atoms with E-state index in [1.165, 1.54) is 10.9 Å². The van der Waals surface area contributed by atoms with Gasteiger partial charge in [0.25, 0.3) is 12.9 Å². The highest BCUT2D eigenvalue weighted by atomic mass is 19.3. The van der Waals surface area contributed by atoms with Gasteiger partial charge in [-0.15, -0.1) is 0 Å². The number of nitrogens with one attached hydrogen (secondary N) is 1. The Balaban J connectivity index is 2.22. The van der Waals surface area contributed by atoms with Crippen LogP contribution in [0.1, 0.15) is 41.7 Å². The number of hydrogen-bond acceptors (Lipinski definition) is 5. The molecule has 0 aliphatic heterocycles. The number of nitrogens with zero attached hydrogens (tertiary/aromatic N) is 4. The molecule has 8 nitrogen and oxygen atoms in total. The minimum Gasteiger partial charge on any atom is -0.464 e. The molecule has 0 unspecified atom stereocenters. The van der Waals surface area contributed by atoms with Crippen molar-refractivity contribution < 1.29 is 31.9 Å². The van der Waals surface area contributed by atoms with Crippen molar-refractivity contribution in [1.82, 2.24) is 19.6 Å². The molecule has 2 aromatic heterocycles. The molecule has 0 radical (unpaired) electrons. The van der Waals surface area contributed by atoms with Crippen LogP contribution in [0.5, 0.6) is 0 Å². The Morgan fingerprint density at radius 2 is 1.92 bits per heavy atom. The normalized spacial score (nSPS) is 11.2. The third-order valence-electron chi connectivity index (χ3n) is 3.31. The molecule has 2 aromatic rings. The highest BCUT2D eigenvalue weighted by Crippen LogP contribution is 2.25. The number of alkyl halides is 4. The summed E-state index contributed by atoms with van der Waals surface area (Å²) in [4.78, 5) is 23.8. The average molecular weight is 377 g/mol. The summed E-state index contributed by atoms with van der Waals surface area (Å²) < 4.78 is 57.6. The second-order valence-electron chi connectivity index (χ2n) is 5.04. The van der Waals surface area contributed by atoms with Crippen molar-refractivity contribution in [3.05, 3.63) is 29.3 Å². The molecule has 1 amide bonds. The van der Waals surface area contributed by atoms with E-state index in [1.807, 2.05) is 0 Å². The highest BCUT2D eigenvalue weighted by molar-refractivity contribution is 5.99. The van der Waals surface area contributed by atoms with E-state index in [0.29, 0.717) is 17.3 Å². The van der Waals surface area contributed by atoms with Crippen molar-refractivity contribution in [1.29, 1.82) is 0 Å². The Bertz CT molecular complexity index is 803. The van der Waals surface area contributed by atoms with E-state index >= 15 is 0 Å². The number of esters is 1. The van der Waals surface area contributed by atoms with Crippen LogP contribution in [0.2, 0.25) is 0 Å². The number of methoxy groups -OCH3 is 1. The maximum absolute atomic E-state index is 12.9. The minimum absolute atomic E-state index is 0.00327. The van der Waals surface area contributed by atoms with Gasteiger partial charge in [-0.2, -0.15) is 10.2 Å². The van der Waals surface area contributed by atoms with Gasteiger partial charge in [0.1, 0.15) is 17.9 Å². The monoisotopic (exact) mass is 377 g/mol. The van der Waals surface area contributed by atoms with Gasteiger partial charge < -0.3 is 10.1 Å². The first-order valence-electron chi connectivity index (χ1n) is 7.36. The number of ether oxygens (including phenoxy) is 1. The summed E-state index contributed by atoms with van der Waals surface area (Å²) >= 11 is 0. The number of anilines is 1. The topological polar surface area (TPSA) is 91.0 Å². The summed E-state index contributed by atoms with van der Waals surface area (Å²) in [6, 6.07) is 0.539. The van der Waals surface area contributed by atoms with Gasteiger partial charge in [0.05, 0.1) is 12.8 Å². The largest absolute Gasteiger partial charge is 0.464 e. The van der Waals surface area contributed by atoms with Crippen LogP contribution in [0.4, 0.5) is 23.2 Å². The van der Waals surface area contributed by atoms with Crippen LogP contribution in [0, 0.1) is 0 Å². The lowest BCUT2D eigenvalue weighted by Crippen LogP contribution is -2.22. The molecule has 0 aliphatic carbocycles. The fourth-order valence-electron chi connectivity index (χ4n) is 2.11. The van der Waals surface area contributed by atoms with E-state index in [9.17, 15) is 27.2 Å². The first kappa shape index (κ1) is 19.4. The van der Waals surface area contributed by atoms with Crippen LogP contribution >= 0.6 is 0 Å². The number of halogens is 4. The second kappa shape index (κ2) is 7.97. The summed E-state index contributed by atoms with van der Waals surface area (Å²) in [5.74, 6) is -1.66. The quantitative estimate of drug-likeness (QED) is 0.591. The lowest BCUT2D eigenvalue weighted by Gasteiger charge is -2.07. The maximum Gasteiger partial charge on any atom is 0.360 e. The molecule has 0 spiro atoms. The molecule has 0 fully saturated rings. The fourth-order valence-corrected chi connectivity index (χ4v) is 2.11. The Kier molecular flexibility index (Phi) is 5.95. The van der Waals surface area contributed by atoms with Crippen LogP contribution in [-0.2, 0) is 22.6 Å². The first-order chi connectivity index (χ1) is 12.3. The van der Waals surface area contributed by atoms with Crippen molar-refractivity contribution in [3.8, 4) is 0 Å². The predicted octanol–water partition coefficient (Wildman–Crippen LogP) is 2.40. The van der Waals surface area contributed by atoms with E-state index in [4.69, 9.17) is 0 Å². The number of aromatic nitrogens is 4. The Morgan fingerprint density at radius 3 is 2.46 bits per heavy atom. The van der Waals surface area contributed by atoms with Crippen LogP contribution in [0.25, 0.3) is 0 Å². The van der Waals surface area contributed by atoms with Gasteiger partial charge in [-0.1, -0.05) is 0 Å². The Labute approximate surface area is 144 Å². The third-order valence-corrected chi connectivity index (χ3v) is 3.31. The molecule has 0 aromatic carbocycles. The second-order valence-corrected chi connectivity index (χ2v) is 5.04. The Morgan fingerprint density at radius 1 is 1.23 bits per heavy atom. The van der Waals surface area contributed by atoms with Gasteiger partial charge >= 0.3 is 5.97 Å². The predicted molar refractivity (Wildman–Crippen MR) is 80.0 cm³/mol. The zero-order valence-electron chi connectivity index (χ0n) is 13.7. The smallest absolute Gasteiger partial charge is 0.360 e. The molecular formula is C14H15F4N5O3. The van der Waals surface area contributed by atoms with E-state index in [-0.39, 0.29) is 11.4 Å². The molecule has 1 N–H and O–H groups in total. The summed E-state index contributed by atoms with van der Waals surface area (Å²) in [6.45, 7) is 1.39. The highest BCUT2D eigenvalue weighted by Gasteiger charge is 2.24. The van der Waals surface area contributed by atoms with Crippen LogP contribution in [0.3, 0.4) is 0 Å². The van der Waals surface area contributed by atoms with E-state index < -0.39 is 42.7 Å². The van der Waals surface area contributed by atoms with Crippen molar-refractivity contribution in [2.45, 2.75) is 32.9 Å². The number of amides is 1. The minimum atomic E-state index is -3.09. The number of hydrogen-bond donors (Lipinski definition) is 1. The molecule has 2 rings (SSSR count). The number of carbonyl (C=O) groups excluding carboxylic acids is 2. The van der Waals surface area contributed by atoms with Crippen molar-refractivity contribution in [2.24, 2.45) is 0 Å². The SMILES string of the molecule is CCn1cc(NC(=O)Cn2nc(C(F)F)cc2C(F)F)c(C(=O)OC)n1. The third kappa shape index (κ3) is 4.18. The maximum atomic E-state index is 12.9. The molecule has 26 heavy (non-hydrogen) atoms. The summed E-state index contributed by atoms with van der Waals surface area (Å²) in [5.41, 5.74) is -1.84. The standard InChI is InChI=1S/C14H15F4N5O3/c1-3-22-5-8(11(21-22)14(25)26-2)19-10(24)6-23-9(13(17)18)4-7(20-23)12(15)16/h4-5,12-13H,3,6H2,1-2H3,(H,19,24). The molecule has 0 aliphatic rings. The molecular weight excluding hydrogens is 362 g/mol. The zero-order chi connectivity index (χ0) is 19.4. The molecule has 2 heterocycles. The number of carbonyl (C=O) groups is 2. The molecule has 0 bridgehead atoms. The lowest BCUT2D eigenvalue weighted by molar-refractivity contribution is -0.117. The zero-order valence-corrected chi connectivity index (χ0v) is 13.7. The Hall–Kier alpha value is -2.92. The fraction of sp³-hybridized carbons (Fsp3) is 0.429. The van der Waals surface area contributed by atoms with Gasteiger partial charge in [-0.25, -0.2) is 22.4 Å². The molecule has 142 valence electrons. The van der Waals surface area contributed by atoms with E-state index in [2.05, 4.69) is 20.3 Å². The van der Waals surface area contributed by atoms with Gasteiger partial charge in [0.2, 0.25) is 5.91 Å². The van der Waals surface area contributed by atoms with Crippen LogP contribution in [-0.4, -0.2) is 38.5 Å². The first-order valence-corrected chi connectivity index (χ1v) is 7.36. The molecule has 12 heteroatoms. The summed E-state index contributed by atoms with van der Waals surface area (Å²) in [6.07, 6.45) is -4.78. The summed E-state index contributed by atoms with van der Waals surface area (Å²) in [5, 5.41) is 9.56. The lowest BCUT2D eigenvalue weighted by atomic mass is 10.3. The van der Waals surface area contributed by atoms with Gasteiger partial charge in [-0.3, -0.25) is 14.2 Å². The number of aryl methyl sites for hydroxylation is 1. The van der Waals surface area contributed by atoms with Crippen molar-refractivity contribution in [2.75, 3.05) is 12.4 Å². The molecule has 0 saturated carbocycles. The van der Waals surface area contributed by atoms with Crippen LogP contribution in [0.15, 0.2) is 12.3 Å². The van der Waals surface area contributed by atoms with E-state index in [1.54, 1.807) is 6.92 Å². The van der Waals surface area contributed by atoms with E-state index in [0.717, 1.165) is 7.11 Å². The number of rotatable bonds is 7.